The molecule has 0 unspecified atom stereocenters. The van der Waals surface area contributed by atoms with Crippen LogP contribution in [0.1, 0.15) is 29.5 Å². The molecule has 0 atom stereocenters. The topological polar surface area (TPSA) is 66.3 Å². The van der Waals surface area contributed by atoms with Crippen LogP contribution in [0.4, 0.5) is 0 Å². The fraction of sp³-hybridized carbons (Fsp3) is 0.333. The Kier molecular flexibility index (Phi) is 5.32. The van der Waals surface area contributed by atoms with Crippen LogP contribution in [0.5, 0.6) is 0 Å². The molecule has 0 bridgehead atoms. The van der Waals surface area contributed by atoms with Gasteiger partial charge in [-0.15, -0.1) is 5.10 Å². The van der Waals surface area contributed by atoms with E-state index in [4.69, 9.17) is 12.2 Å². The number of amides is 1. The molecule has 2 heterocycles. The molecule has 0 aliphatic carbocycles. The number of hydrazine groups is 1. The van der Waals surface area contributed by atoms with Gasteiger partial charge >= 0.3 is 0 Å². The Morgan fingerprint density at radius 1 is 1.23 bits per heavy atom. The van der Waals surface area contributed by atoms with Crippen LogP contribution in [-0.2, 0) is 0 Å². The predicted octanol–water partition coefficient (Wildman–Crippen LogP) is 2.09. The van der Waals surface area contributed by atoms with Crippen LogP contribution >= 0.6 is 12.2 Å². The fourth-order valence-electron chi connectivity index (χ4n) is 2.73. The monoisotopic (exact) mass is 370 g/mol. The molecule has 136 valence electrons. The molecule has 1 N–H and O–H groups in total. The number of para-hydroxylation sites is 1. The van der Waals surface area contributed by atoms with Gasteiger partial charge in [0.2, 0.25) is 0 Å². The molecule has 1 aromatic carbocycles. The Labute approximate surface area is 158 Å². The maximum absolute atomic E-state index is 13.0. The summed E-state index contributed by atoms with van der Waals surface area (Å²) in [6.45, 7) is 9.45. The molecule has 1 aliphatic rings. The van der Waals surface area contributed by atoms with Crippen molar-refractivity contribution in [2.75, 3.05) is 19.6 Å². The van der Waals surface area contributed by atoms with Crippen molar-refractivity contribution in [2.24, 2.45) is 0 Å². The Balaban J connectivity index is 1.79. The molecule has 3 rings (SSSR count). The number of carbonyl (C=O) groups is 1. The number of nitrogens with one attached hydrogen (secondary N) is 1. The predicted molar refractivity (Wildman–Crippen MR) is 104 cm³/mol. The highest BCUT2D eigenvalue weighted by Gasteiger charge is 2.32. The third-order valence-corrected chi connectivity index (χ3v) is 4.37. The molecule has 0 saturated carbocycles. The van der Waals surface area contributed by atoms with Gasteiger partial charge in [-0.2, -0.15) is 9.90 Å². The molecule has 0 radical (unpaired) electrons. The zero-order valence-electron chi connectivity index (χ0n) is 15.0. The number of thiocarbonyl (C=S) groups is 1. The van der Waals surface area contributed by atoms with Crippen molar-refractivity contribution in [3.63, 3.8) is 0 Å². The van der Waals surface area contributed by atoms with Gasteiger partial charge in [0.1, 0.15) is 0 Å². The molecule has 8 heteroatoms. The van der Waals surface area contributed by atoms with E-state index in [1.165, 1.54) is 4.80 Å². The molecule has 26 heavy (non-hydrogen) atoms. The van der Waals surface area contributed by atoms with E-state index in [1.807, 2.05) is 37.3 Å². The molecule has 0 spiro atoms. The lowest BCUT2D eigenvalue weighted by atomic mass is 10.3. The third kappa shape index (κ3) is 3.75. The largest absolute Gasteiger partial charge is 0.357 e. The van der Waals surface area contributed by atoms with E-state index in [9.17, 15) is 4.79 Å². The summed E-state index contributed by atoms with van der Waals surface area (Å²) < 4.78 is 0. The Hall–Kier alpha value is -2.74. The van der Waals surface area contributed by atoms with Crippen molar-refractivity contribution in [1.29, 1.82) is 0 Å². The minimum atomic E-state index is -0.193. The van der Waals surface area contributed by atoms with Gasteiger partial charge in [0.05, 0.1) is 11.4 Å². The maximum Gasteiger partial charge on any atom is 0.294 e. The van der Waals surface area contributed by atoms with Gasteiger partial charge in [0.25, 0.3) is 5.91 Å². The lowest BCUT2D eigenvalue weighted by molar-refractivity contribution is 0.0485. The van der Waals surface area contributed by atoms with Gasteiger partial charge in [-0.05, 0) is 44.6 Å². The Morgan fingerprint density at radius 2 is 1.92 bits per heavy atom. The van der Waals surface area contributed by atoms with E-state index in [0.717, 1.165) is 17.7 Å². The van der Waals surface area contributed by atoms with Crippen molar-refractivity contribution < 1.29 is 4.79 Å². The fourth-order valence-corrected chi connectivity index (χ4v) is 2.99. The highest BCUT2D eigenvalue weighted by atomic mass is 32.1. The summed E-state index contributed by atoms with van der Waals surface area (Å²) in [5.41, 5.74) is 2.72. The standard InChI is InChI=1S/C18H22N6OS/c1-13(2)12-19-18(26)23-11-7-10-22(23)17(25)16-14(3)20-24(21-16)15-8-5-4-6-9-15/h4-6,8-9H,1,7,10-12H2,2-3H3,(H,19,26). The molecule has 7 nitrogen and oxygen atoms in total. The third-order valence-electron chi connectivity index (χ3n) is 4.01. The molecule has 1 saturated heterocycles. The first-order chi connectivity index (χ1) is 12.5. The highest BCUT2D eigenvalue weighted by Crippen LogP contribution is 2.17. The van der Waals surface area contributed by atoms with E-state index in [0.29, 0.717) is 36.1 Å². The van der Waals surface area contributed by atoms with E-state index < -0.39 is 0 Å². The lowest BCUT2D eigenvalue weighted by Gasteiger charge is -2.29. The number of aryl methyl sites for hydroxylation is 1. The van der Waals surface area contributed by atoms with E-state index >= 15 is 0 Å². The van der Waals surface area contributed by atoms with Gasteiger partial charge in [0, 0.05) is 19.6 Å². The summed E-state index contributed by atoms with van der Waals surface area (Å²) in [6.07, 6.45) is 0.854. The first kappa shape index (κ1) is 18.1. The Morgan fingerprint density at radius 3 is 2.62 bits per heavy atom. The number of carbonyl (C=O) groups excluding carboxylic acids is 1. The second kappa shape index (κ2) is 7.65. The second-order valence-corrected chi connectivity index (χ2v) is 6.67. The van der Waals surface area contributed by atoms with E-state index in [-0.39, 0.29) is 5.91 Å². The number of rotatable bonds is 4. The molecular formula is C18H22N6OS. The van der Waals surface area contributed by atoms with Crippen molar-refractivity contribution in [3.05, 3.63) is 53.9 Å². The number of aromatic nitrogens is 3. The minimum absolute atomic E-state index is 0.193. The van der Waals surface area contributed by atoms with Crippen molar-refractivity contribution in [1.82, 2.24) is 30.3 Å². The zero-order valence-corrected chi connectivity index (χ0v) is 15.8. The number of nitrogens with zero attached hydrogens (tertiary/aromatic N) is 5. The number of hydrogen-bond acceptors (Lipinski definition) is 4. The lowest BCUT2D eigenvalue weighted by Crippen LogP contribution is -2.49. The average Bonchev–Trinajstić information content (AvgIpc) is 3.27. The molecule has 2 aromatic rings. The van der Waals surface area contributed by atoms with Crippen LogP contribution in [0, 0.1) is 6.92 Å². The van der Waals surface area contributed by atoms with Crippen molar-refractivity contribution >= 4 is 23.2 Å². The summed E-state index contributed by atoms with van der Waals surface area (Å²) in [4.78, 5) is 14.5. The quantitative estimate of drug-likeness (QED) is 0.657. The SMILES string of the molecule is C=C(C)CNC(=S)N1CCCN1C(=O)c1nn(-c2ccccc2)nc1C. The average molecular weight is 370 g/mol. The summed E-state index contributed by atoms with van der Waals surface area (Å²) in [5, 5.41) is 15.9. The molecule has 1 aromatic heterocycles. The van der Waals surface area contributed by atoms with Gasteiger partial charge in [-0.1, -0.05) is 30.4 Å². The smallest absolute Gasteiger partial charge is 0.294 e. The van der Waals surface area contributed by atoms with Crippen LogP contribution in [0.3, 0.4) is 0 Å². The van der Waals surface area contributed by atoms with Crippen LogP contribution < -0.4 is 5.32 Å². The van der Waals surface area contributed by atoms with Gasteiger partial charge in [-0.25, -0.2) is 5.01 Å². The molecule has 1 amide bonds. The zero-order chi connectivity index (χ0) is 18.7. The minimum Gasteiger partial charge on any atom is -0.357 e. The van der Waals surface area contributed by atoms with Crippen LogP contribution in [0.2, 0.25) is 0 Å². The molecule has 1 aliphatic heterocycles. The Bertz CT molecular complexity index is 831. The molecule has 1 fully saturated rings. The van der Waals surface area contributed by atoms with Gasteiger partial charge < -0.3 is 5.32 Å². The summed E-state index contributed by atoms with van der Waals surface area (Å²) in [6, 6.07) is 9.53. The summed E-state index contributed by atoms with van der Waals surface area (Å²) in [7, 11) is 0. The second-order valence-electron chi connectivity index (χ2n) is 6.28. The number of hydrogen-bond donors (Lipinski definition) is 1. The van der Waals surface area contributed by atoms with Crippen LogP contribution in [0.25, 0.3) is 5.69 Å². The summed E-state index contributed by atoms with van der Waals surface area (Å²) >= 11 is 5.43. The number of benzene rings is 1. The first-order valence-electron chi connectivity index (χ1n) is 8.48. The molecular weight excluding hydrogens is 348 g/mol. The summed E-state index contributed by atoms with van der Waals surface area (Å²) in [5.74, 6) is -0.193. The van der Waals surface area contributed by atoms with Crippen molar-refractivity contribution in [3.8, 4) is 5.69 Å². The van der Waals surface area contributed by atoms with E-state index in [1.54, 1.807) is 16.9 Å². The first-order valence-corrected chi connectivity index (χ1v) is 8.89. The maximum atomic E-state index is 13.0. The van der Waals surface area contributed by atoms with Crippen LogP contribution in [0.15, 0.2) is 42.5 Å². The van der Waals surface area contributed by atoms with Crippen LogP contribution in [-0.4, -0.2) is 55.7 Å². The normalized spacial score (nSPS) is 13.8. The van der Waals surface area contributed by atoms with Gasteiger partial charge in [-0.3, -0.25) is 9.80 Å². The van der Waals surface area contributed by atoms with Crippen molar-refractivity contribution in [2.45, 2.75) is 20.3 Å². The van der Waals surface area contributed by atoms with Gasteiger partial charge in [0.15, 0.2) is 10.8 Å². The van der Waals surface area contributed by atoms with E-state index in [2.05, 4.69) is 22.1 Å². The highest BCUT2D eigenvalue weighted by molar-refractivity contribution is 7.80.